The van der Waals surface area contributed by atoms with Crippen molar-refractivity contribution in [1.82, 2.24) is 0 Å². The van der Waals surface area contributed by atoms with Crippen LogP contribution in [-0.2, 0) is 17.6 Å². The van der Waals surface area contributed by atoms with Gasteiger partial charge in [0.2, 0.25) is 0 Å². The van der Waals surface area contributed by atoms with Crippen molar-refractivity contribution in [2.45, 2.75) is 32.6 Å². The molecule has 0 atom stereocenters. The fourth-order valence-electron chi connectivity index (χ4n) is 2.05. The van der Waals surface area contributed by atoms with Crippen molar-refractivity contribution >= 4 is 21.9 Å². The number of methoxy groups -OCH3 is 2. The highest BCUT2D eigenvalue weighted by Crippen LogP contribution is 2.40. The SMILES string of the molecule is CCc1cc(CCCC(=O)O)c(OC)c(Br)c1OC. The minimum Gasteiger partial charge on any atom is -0.495 e. The van der Waals surface area contributed by atoms with Gasteiger partial charge in [-0.05, 0) is 52.4 Å². The van der Waals surface area contributed by atoms with Gasteiger partial charge in [-0.3, -0.25) is 4.79 Å². The van der Waals surface area contributed by atoms with Crippen LogP contribution in [0.1, 0.15) is 30.9 Å². The summed E-state index contributed by atoms with van der Waals surface area (Å²) in [6.45, 7) is 2.05. The molecule has 1 aromatic carbocycles. The van der Waals surface area contributed by atoms with Gasteiger partial charge < -0.3 is 14.6 Å². The van der Waals surface area contributed by atoms with Gasteiger partial charge in [0.25, 0.3) is 0 Å². The molecule has 0 bridgehead atoms. The Labute approximate surface area is 121 Å². The van der Waals surface area contributed by atoms with Crippen LogP contribution in [0.5, 0.6) is 11.5 Å². The first-order valence-electron chi connectivity index (χ1n) is 6.19. The number of benzene rings is 1. The number of carboxylic acid groups (broad SMARTS) is 1. The van der Waals surface area contributed by atoms with Crippen LogP contribution in [0.2, 0.25) is 0 Å². The normalized spacial score (nSPS) is 10.3. The fourth-order valence-corrected chi connectivity index (χ4v) is 2.88. The van der Waals surface area contributed by atoms with Gasteiger partial charge >= 0.3 is 5.97 Å². The predicted molar refractivity (Wildman–Crippen MR) is 77.2 cm³/mol. The van der Waals surface area contributed by atoms with Crippen molar-refractivity contribution in [3.05, 3.63) is 21.7 Å². The molecule has 5 heteroatoms. The topological polar surface area (TPSA) is 55.8 Å². The summed E-state index contributed by atoms with van der Waals surface area (Å²) in [7, 11) is 3.23. The molecule has 19 heavy (non-hydrogen) atoms. The molecule has 0 fully saturated rings. The van der Waals surface area contributed by atoms with Crippen molar-refractivity contribution in [2.24, 2.45) is 0 Å². The zero-order valence-corrected chi connectivity index (χ0v) is 13.0. The maximum Gasteiger partial charge on any atom is 0.303 e. The predicted octanol–water partition coefficient (Wildman–Crippen LogP) is 3.44. The van der Waals surface area contributed by atoms with Gasteiger partial charge in [-0.15, -0.1) is 0 Å². The first-order valence-corrected chi connectivity index (χ1v) is 6.98. The molecule has 0 amide bonds. The number of rotatable bonds is 7. The van der Waals surface area contributed by atoms with E-state index in [1.807, 2.05) is 6.07 Å². The molecule has 0 heterocycles. The number of carbonyl (C=O) groups is 1. The lowest BCUT2D eigenvalue weighted by molar-refractivity contribution is -0.137. The van der Waals surface area contributed by atoms with Crippen molar-refractivity contribution < 1.29 is 19.4 Å². The summed E-state index contributed by atoms with van der Waals surface area (Å²) in [6, 6.07) is 2.03. The van der Waals surface area contributed by atoms with Crippen LogP contribution in [0.4, 0.5) is 0 Å². The van der Waals surface area contributed by atoms with Crippen molar-refractivity contribution in [3.8, 4) is 11.5 Å². The Morgan fingerprint density at radius 3 is 2.32 bits per heavy atom. The number of hydrogen-bond donors (Lipinski definition) is 1. The summed E-state index contributed by atoms with van der Waals surface area (Å²) in [4.78, 5) is 10.6. The zero-order chi connectivity index (χ0) is 14.4. The van der Waals surface area contributed by atoms with Crippen LogP contribution in [0, 0.1) is 0 Å². The number of ether oxygens (including phenoxy) is 2. The smallest absolute Gasteiger partial charge is 0.303 e. The number of aryl methyl sites for hydroxylation is 2. The number of aliphatic carboxylic acids is 1. The standard InChI is InChI=1S/C14H19BrO4/c1-4-9-8-10(6-5-7-11(16)17)14(19-3)12(15)13(9)18-2/h8H,4-7H2,1-3H3,(H,16,17). The average molecular weight is 331 g/mol. The van der Waals surface area contributed by atoms with Crippen molar-refractivity contribution in [2.75, 3.05) is 14.2 Å². The molecule has 0 aliphatic carbocycles. The molecular formula is C14H19BrO4. The van der Waals surface area contributed by atoms with Crippen LogP contribution < -0.4 is 9.47 Å². The number of hydrogen-bond acceptors (Lipinski definition) is 3. The molecule has 0 aromatic heterocycles. The Bertz CT molecular complexity index is 457. The molecule has 106 valence electrons. The van der Waals surface area contributed by atoms with E-state index >= 15 is 0 Å². The molecule has 0 aliphatic heterocycles. The molecule has 4 nitrogen and oxygen atoms in total. The lowest BCUT2D eigenvalue weighted by atomic mass is 10.0. The summed E-state index contributed by atoms with van der Waals surface area (Å²) in [6.07, 6.45) is 2.27. The van der Waals surface area contributed by atoms with E-state index in [-0.39, 0.29) is 6.42 Å². The Morgan fingerprint density at radius 2 is 1.84 bits per heavy atom. The van der Waals surface area contributed by atoms with E-state index < -0.39 is 5.97 Å². The van der Waals surface area contributed by atoms with E-state index in [0.29, 0.717) is 12.8 Å². The third-order valence-electron chi connectivity index (χ3n) is 2.96. The highest BCUT2D eigenvalue weighted by molar-refractivity contribution is 9.10. The number of halogens is 1. The van der Waals surface area contributed by atoms with Crippen LogP contribution >= 0.6 is 15.9 Å². The van der Waals surface area contributed by atoms with Crippen molar-refractivity contribution in [3.63, 3.8) is 0 Å². The fraction of sp³-hybridized carbons (Fsp3) is 0.500. The molecule has 1 rings (SSSR count). The lowest BCUT2D eigenvalue weighted by Crippen LogP contribution is -2.01. The van der Waals surface area contributed by atoms with Gasteiger partial charge in [-0.1, -0.05) is 6.92 Å². The highest BCUT2D eigenvalue weighted by atomic mass is 79.9. The summed E-state index contributed by atoms with van der Waals surface area (Å²) < 4.78 is 11.6. The van der Waals surface area contributed by atoms with Gasteiger partial charge in [0.1, 0.15) is 16.0 Å². The second-order valence-corrected chi connectivity index (χ2v) is 4.97. The summed E-state index contributed by atoms with van der Waals surface area (Å²) in [5.74, 6) is 0.725. The van der Waals surface area contributed by atoms with Crippen LogP contribution in [0.3, 0.4) is 0 Å². The minimum atomic E-state index is -0.776. The van der Waals surface area contributed by atoms with Gasteiger partial charge in [0, 0.05) is 6.42 Å². The Kier molecular flexibility index (Phi) is 6.15. The molecular weight excluding hydrogens is 312 g/mol. The Morgan fingerprint density at radius 1 is 1.26 bits per heavy atom. The third-order valence-corrected chi connectivity index (χ3v) is 3.68. The molecule has 0 radical (unpaired) electrons. The van der Waals surface area contributed by atoms with E-state index in [1.165, 1.54) is 0 Å². The molecule has 0 saturated carbocycles. The van der Waals surface area contributed by atoms with Gasteiger partial charge in [-0.25, -0.2) is 0 Å². The monoisotopic (exact) mass is 330 g/mol. The molecule has 0 saturated heterocycles. The Hall–Kier alpha value is -1.23. The van der Waals surface area contributed by atoms with Crippen LogP contribution in [-0.4, -0.2) is 25.3 Å². The molecule has 0 spiro atoms. The summed E-state index contributed by atoms with van der Waals surface area (Å²) in [5.41, 5.74) is 2.09. The third kappa shape index (κ3) is 3.86. The quantitative estimate of drug-likeness (QED) is 0.832. The molecule has 1 N–H and O–H groups in total. The summed E-state index contributed by atoms with van der Waals surface area (Å²) >= 11 is 3.50. The molecule has 0 aliphatic rings. The van der Waals surface area contributed by atoms with E-state index in [1.54, 1.807) is 14.2 Å². The summed E-state index contributed by atoms with van der Waals surface area (Å²) in [5, 5.41) is 8.70. The van der Waals surface area contributed by atoms with Gasteiger partial charge in [0.05, 0.1) is 14.2 Å². The van der Waals surface area contributed by atoms with Gasteiger partial charge in [-0.2, -0.15) is 0 Å². The van der Waals surface area contributed by atoms with E-state index in [9.17, 15) is 4.79 Å². The zero-order valence-electron chi connectivity index (χ0n) is 11.5. The average Bonchev–Trinajstić information content (AvgIpc) is 2.37. The first kappa shape index (κ1) is 15.8. The van der Waals surface area contributed by atoms with E-state index in [4.69, 9.17) is 14.6 Å². The van der Waals surface area contributed by atoms with E-state index in [2.05, 4.69) is 22.9 Å². The second-order valence-electron chi connectivity index (χ2n) is 4.18. The molecule has 0 unspecified atom stereocenters. The minimum absolute atomic E-state index is 0.161. The van der Waals surface area contributed by atoms with Crippen LogP contribution in [0.25, 0.3) is 0 Å². The second kappa shape index (κ2) is 7.38. The number of carboxylic acids is 1. The van der Waals surface area contributed by atoms with Crippen molar-refractivity contribution in [1.29, 1.82) is 0 Å². The first-order chi connectivity index (χ1) is 9.04. The largest absolute Gasteiger partial charge is 0.495 e. The maximum absolute atomic E-state index is 10.6. The van der Waals surface area contributed by atoms with Gasteiger partial charge in [0.15, 0.2) is 0 Å². The Balaban J connectivity index is 3.08. The maximum atomic E-state index is 10.6. The molecule has 1 aromatic rings. The van der Waals surface area contributed by atoms with E-state index in [0.717, 1.165) is 33.5 Å². The lowest BCUT2D eigenvalue weighted by Gasteiger charge is -2.16. The highest BCUT2D eigenvalue weighted by Gasteiger charge is 2.17. The van der Waals surface area contributed by atoms with Crippen LogP contribution in [0.15, 0.2) is 10.5 Å².